The second-order valence-electron chi connectivity index (χ2n) is 11.0. The first-order valence-electron chi connectivity index (χ1n) is 13.2. The van der Waals surface area contributed by atoms with Gasteiger partial charge in [-0.05, 0) is 111 Å². The Kier molecular flexibility index (Phi) is 7.88. The molecule has 3 aliphatic rings. The second-order valence-corrected chi connectivity index (χ2v) is 11.0. The average molecular weight is 429 g/mol. The minimum absolute atomic E-state index is 0.164. The molecule has 4 rings (SSSR count). The van der Waals surface area contributed by atoms with Gasteiger partial charge in [-0.3, -0.25) is 0 Å². The Labute approximate surface area is 188 Å². The summed E-state index contributed by atoms with van der Waals surface area (Å²) in [7, 11) is 0. The summed E-state index contributed by atoms with van der Waals surface area (Å²) in [6, 6.07) is 3.21. The Morgan fingerprint density at radius 1 is 0.839 bits per heavy atom. The zero-order valence-electron chi connectivity index (χ0n) is 19.6. The first kappa shape index (κ1) is 23.0. The lowest BCUT2D eigenvalue weighted by Crippen LogP contribution is -2.34. The first-order chi connectivity index (χ1) is 15.1. The number of hydrogen-bond acceptors (Lipinski definition) is 0. The van der Waals surface area contributed by atoms with Crippen molar-refractivity contribution in [3.05, 3.63) is 47.5 Å². The van der Waals surface area contributed by atoms with E-state index in [0.717, 1.165) is 48.0 Å². The molecule has 172 valence electrons. The van der Waals surface area contributed by atoms with Crippen molar-refractivity contribution in [2.24, 2.45) is 29.6 Å². The van der Waals surface area contributed by atoms with Gasteiger partial charge in [0, 0.05) is 5.56 Å². The van der Waals surface area contributed by atoms with Gasteiger partial charge in [0.25, 0.3) is 0 Å². The van der Waals surface area contributed by atoms with Gasteiger partial charge in [0.2, 0.25) is 0 Å². The van der Waals surface area contributed by atoms with Crippen LogP contribution >= 0.6 is 0 Å². The number of hydrogen-bond donors (Lipinski definition) is 0. The standard InChI is InChI=1S/C29H42F2/c1-3-5-7-20-8-10-21(11-9-20)22-12-13-24-17-25(15-14-23(24)16-22)26-18-28(30)27(6-4-2)29(31)19-26/h4,18-25H,2-3,5-17H2,1H3. The molecule has 3 fully saturated rings. The quantitative estimate of drug-likeness (QED) is 0.380. The van der Waals surface area contributed by atoms with Gasteiger partial charge in [0.1, 0.15) is 11.6 Å². The molecule has 0 nitrogen and oxygen atoms in total. The maximum atomic E-state index is 14.5. The van der Waals surface area contributed by atoms with Crippen molar-refractivity contribution in [3.8, 4) is 0 Å². The van der Waals surface area contributed by atoms with Crippen LogP contribution in [0.15, 0.2) is 24.8 Å². The van der Waals surface area contributed by atoms with Crippen LogP contribution in [0.4, 0.5) is 8.78 Å². The minimum atomic E-state index is -0.393. The van der Waals surface area contributed by atoms with E-state index >= 15 is 0 Å². The lowest BCUT2D eigenvalue weighted by molar-refractivity contribution is 0.0710. The third kappa shape index (κ3) is 5.42. The van der Waals surface area contributed by atoms with Crippen LogP contribution in [0.5, 0.6) is 0 Å². The van der Waals surface area contributed by atoms with Gasteiger partial charge in [-0.25, -0.2) is 8.78 Å². The molecular formula is C29H42F2. The molecule has 1 aromatic carbocycles. The number of halogens is 2. The number of fused-ring (bicyclic) bond motifs is 1. The zero-order chi connectivity index (χ0) is 21.8. The van der Waals surface area contributed by atoms with E-state index in [1.54, 1.807) is 18.2 Å². The minimum Gasteiger partial charge on any atom is -0.207 e. The van der Waals surface area contributed by atoms with Crippen LogP contribution in [0.2, 0.25) is 0 Å². The van der Waals surface area contributed by atoms with Crippen LogP contribution in [0, 0.1) is 41.2 Å². The summed E-state index contributed by atoms with van der Waals surface area (Å²) in [6.07, 6.45) is 19.5. The summed E-state index contributed by atoms with van der Waals surface area (Å²) < 4.78 is 28.9. The van der Waals surface area contributed by atoms with Crippen molar-refractivity contribution in [2.45, 2.75) is 103 Å². The summed E-state index contributed by atoms with van der Waals surface area (Å²) in [6.45, 7) is 5.93. The molecule has 2 heteroatoms. The van der Waals surface area contributed by atoms with Crippen molar-refractivity contribution < 1.29 is 8.78 Å². The van der Waals surface area contributed by atoms with Crippen molar-refractivity contribution in [1.82, 2.24) is 0 Å². The fraction of sp³-hybridized carbons (Fsp3) is 0.724. The normalized spacial score (nSPS) is 33.6. The topological polar surface area (TPSA) is 0 Å². The maximum Gasteiger partial charge on any atom is 0.129 e. The van der Waals surface area contributed by atoms with Crippen LogP contribution < -0.4 is 0 Å². The summed E-state index contributed by atoms with van der Waals surface area (Å²) in [5.41, 5.74) is 1.05. The predicted molar refractivity (Wildman–Crippen MR) is 126 cm³/mol. The average Bonchev–Trinajstić information content (AvgIpc) is 2.79. The zero-order valence-corrected chi connectivity index (χ0v) is 19.6. The molecular weight excluding hydrogens is 386 g/mol. The van der Waals surface area contributed by atoms with Gasteiger partial charge in [-0.1, -0.05) is 45.1 Å². The van der Waals surface area contributed by atoms with Crippen molar-refractivity contribution in [1.29, 1.82) is 0 Å². The van der Waals surface area contributed by atoms with Gasteiger partial charge < -0.3 is 0 Å². The molecule has 0 aromatic heterocycles. The van der Waals surface area contributed by atoms with E-state index in [2.05, 4.69) is 13.5 Å². The molecule has 0 bridgehead atoms. The SMILES string of the molecule is C=CCc1c(F)cc(C2CCC3CC(C4CCC(CCCC)CC4)CCC3C2)cc1F. The van der Waals surface area contributed by atoms with Crippen LogP contribution in [-0.4, -0.2) is 0 Å². The Hall–Kier alpha value is -1.18. The Morgan fingerprint density at radius 3 is 2.06 bits per heavy atom. The molecule has 0 heterocycles. The van der Waals surface area contributed by atoms with Gasteiger partial charge in [-0.2, -0.15) is 0 Å². The van der Waals surface area contributed by atoms with E-state index in [0.29, 0.717) is 5.92 Å². The van der Waals surface area contributed by atoms with E-state index in [1.165, 1.54) is 70.6 Å². The highest BCUT2D eigenvalue weighted by molar-refractivity contribution is 5.30. The predicted octanol–water partition coefficient (Wildman–Crippen LogP) is 8.99. The molecule has 0 spiro atoms. The van der Waals surface area contributed by atoms with Crippen LogP contribution in [0.25, 0.3) is 0 Å². The van der Waals surface area contributed by atoms with Gasteiger partial charge in [-0.15, -0.1) is 6.58 Å². The van der Waals surface area contributed by atoms with Crippen molar-refractivity contribution >= 4 is 0 Å². The molecule has 0 aliphatic heterocycles. The first-order valence-corrected chi connectivity index (χ1v) is 13.2. The number of unbranched alkanes of at least 4 members (excludes halogenated alkanes) is 1. The summed E-state index contributed by atoms with van der Waals surface area (Å²) >= 11 is 0. The molecule has 0 N–H and O–H groups in total. The Bertz CT molecular complexity index is 707. The van der Waals surface area contributed by atoms with E-state index in [4.69, 9.17) is 0 Å². The number of benzene rings is 1. The monoisotopic (exact) mass is 428 g/mol. The van der Waals surface area contributed by atoms with Crippen LogP contribution in [-0.2, 0) is 6.42 Å². The fourth-order valence-corrected chi connectivity index (χ4v) is 7.30. The fourth-order valence-electron chi connectivity index (χ4n) is 7.30. The van der Waals surface area contributed by atoms with Crippen LogP contribution in [0.1, 0.15) is 107 Å². The summed E-state index contributed by atoms with van der Waals surface area (Å²) in [4.78, 5) is 0. The largest absolute Gasteiger partial charge is 0.207 e. The highest BCUT2D eigenvalue weighted by Crippen LogP contribution is 2.51. The molecule has 0 amide bonds. The van der Waals surface area contributed by atoms with Crippen molar-refractivity contribution in [2.75, 3.05) is 0 Å². The lowest BCUT2D eigenvalue weighted by Gasteiger charge is -2.45. The van der Waals surface area contributed by atoms with Crippen LogP contribution in [0.3, 0.4) is 0 Å². The Morgan fingerprint density at radius 2 is 1.42 bits per heavy atom. The highest BCUT2D eigenvalue weighted by Gasteiger charge is 2.39. The van der Waals surface area contributed by atoms with E-state index in [1.807, 2.05) is 0 Å². The summed E-state index contributed by atoms with van der Waals surface area (Å²) in [5, 5.41) is 0. The van der Waals surface area contributed by atoms with E-state index < -0.39 is 11.6 Å². The molecule has 4 unspecified atom stereocenters. The molecule has 31 heavy (non-hydrogen) atoms. The third-order valence-corrected chi connectivity index (χ3v) is 9.16. The number of rotatable bonds is 7. The number of allylic oxidation sites excluding steroid dienone is 1. The van der Waals surface area contributed by atoms with E-state index in [-0.39, 0.29) is 12.0 Å². The smallest absolute Gasteiger partial charge is 0.129 e. The molecule has 0 saturated heterocycles. The van der Waals surface area contributed by atoms with Crippen molar-refractivity contribution in [3.63, 3.8) is 0 Å². The van der Waals surface area contributed by atoms with E-state index in [9.17, 15) is 8.78 Å². The highest BCUT2D eigenvalue weighted by atomic mass is 19.1. The molecule has 4 atom stereocenters. The van der Waals surface area contributed by atoms with Gasteiger partial charge in [0.05, 0.1) is 0 Å². The molecule has 3 aliphatic carbocycles. The second kappa shape index (κ2) is 10.6. The molecule has 3 saturated carbocycles. The maximum absolute atomic E-state index is 14.5. The van der Waals surface area contributed by atoms with Gasteiger partial charge >= 0.3 is 0 Å². The summed E-state index contributed by atoms with van der Waals surface area (Å²) in [5.74, 6) is 4.06. The molecule has 1 aromatic rings. The lowest BCUT2D eigenvalue weighted by atomic mass is 9.60. The molecule has 0 radical (unpaired) electrons. The Balaban J connectivity index is 1.31. The third-order valence-electron chi connectivity index (χ3n) is 9.16. The van der Waals surface area contributed by atoms with Gasteiger partial charge in [0.15, 0.2) is 0 Å².